The van der Waals surface area contributed by atoms with E-state index in [0.717, 1.165) is 0 Å². The predicted octanol–water partition coefficient (Wildman–Crippen LogP) is 0.593. The summed E-state index contributed by atoms with van der Waals surface area (Å²) in [5, 5.41) is 9.97. The highest BCUT2D eigenvalue weighted by Gasteiger charge is 2.10. The molecule has 0 aliphatic rings. The number of Topliss-reactive ketones (excluding diaryl/α,β-unsaturated/α-hetero) is 1. The van der Waals surface area contributed by atoms with Crippen LogP contribution in [0.4, 0.5) is 0 Å². The van der Waals surface area contributed by atoms with E-state index in [-0.39, 0.29) is 11.8 Å². The number of carbonyl (C=O) groups is 1. The van der Waals surface area contributed by atoms with E-state index in [2.05, 4.69) is 5.32 Å². The molecule has 0 aliphatic heterocycles. The van der Waals surface area contributed by atoms with Crippen LogP contribution in [0, 0.1) is 5.41 Å². The third-order valence-electron chi connectivity index (χ3n) is 1.35. The lowest BCUT2D eigenvalue weighted by Gasteiger charge is -2.10. The SMILES string of the molecule is CN[C@@H](CC(C)=N)C(C)=O. The van der Waals surface area contributed by atoms with Gasteiger partial charge < -0.3 is 10.7 Å². The second kappa shape index (κ2) is 4.17. The molecule has 58 valence electrons. The normalized spacial score (nSPS) is 12.7. The zero-order valence-corrected chi connectivity index (χ0v) is 6.69. The fraction of sp³-hybridized carbons (Fsp3) is 0.714. The minimum Gasteiger partial charge on any atom is -0.310 e. The summed E-state index contributed by atoms with van der Waals surface area (Å²) in [6.45, 7) is 3.23. The molecule has 1 atom stereocenters. The van der Waals surface area contributed by atoms with Crippen LogP contribution in [0.2, 0.25) is 0 Å². The van der Waals surface area contributed by atoms with E-state index in [4.69, 9.17) is 5.41 Å². The van der Waals surface area contributed by atoms with Crippen LogP contribution < -0.4 is 5.32 Å². The highest BCUT2D eigenvalue weighted by atomic mass is 16.1. The molecule has 2 N–H and O–H groups in total. The van der Waals surface area contributed by atoms with E-state index in [1.807, 2.05) is 0 Å². The molecule has 0 bridgehead atoms. The molecule has 0 saturated heterocycles. The number of hydrogen-bond acceptors (Lipinski definition) is 3. The molecule has 0 aromatic rings. The van der Waals surface area contributed by atoms with Crippen molar-refractivity contribution >= 4 is 11.5 Å². The molecule has 0 heterocycles. The molecule has 0 aromatic carbocycles. The number of ketones is 1. The standard InChI is InChI=1S/C7H14N2O/c1-5(8)4-7(9-3)6(2)10/h7-9H,4H2,1-3H3/t7-/m0/s1. The molecule has 0 rings (SSSR count). The minimum atomic E-state index is -0.169. The van der Waals surface area contributed by atoms with Crippen molar-refractivity contribution in [2.45, 2.75) is 26.3 Å². The van der Waals surface area contributed by atoms with Gasteiger partial charge in [0.25, 0.3) is 0 Å². The van der Waals surface area contributed by atoms with Crippen LogP contribution in [0.25, 0.3) is 0 Å². The van der Waals surface area contributed by atoms with Crippen molar-refractivity contribution < 1.29 is 4.79 Å². The van der Waals surface area contributed by atoms with Crippen LogP contribution >= 0.6 is 0 Å². The van der Waals surface area contributed by atoms with Crippen molar-refractivity contribution in [3.63, 3.8) is 0 Å². The third-order valence-corrected chi connectivity index (χ3v) is 1.35. The van der Waals surface area contributed by atoms with Crippen LogP contribution in [0.5, 0.6) is 0 Å². The maximum absolute atomic E-state index is 10.8. The summed E-state index contributed by atoms with van der Waals surface area (Å²) in [5.41, 5.74) is 0.537. The summed E-state index contributed by atoms with van der Waals surface area (Å²) < 4.78 is 0. The van der Waals surface area contributed by atoms with Crippen LogP contribution in [0.15, 0.2) is 0 Å². The molecule has 0 aromatic heterocycles. The number of rotatable bonds is 4. The van der Waals surface area contributed by atoms with Gasteiger partial charge in [0.2, 0.25) is 0 Å². The number of hydrogen-bond donors (Lipinski definition) is 2. The molecule has 3 nitrogen and oxygen atoms in total. The first kappa shape index (κ1) is 9.30. The molecule has 0 unspecified atom stereocenters. The summed E-state index contributed by atoms with van der Waals surface area (Å²) in [7, 11) is 1.73. The first-order valence-electron chi connectivity index (χ1n) is 3.29. The molecule has 0 aliphatic carbocycles. The van der Waals surface area contributed by atoms with Gasteiger partial charge in [-0.2, -0.15) is 0 Å². The summed E-state index contributed by atoms with van der Waals surface area (Å²) in [6, 6.07) is -0.169. The van der Waals surface area contributed by atoms with Gasteiger partial charge in [0.1, 0.15) is 5.78 Å². The lowest BCUT2D eigenvalue weighted by atomic mass is 10.1. The Balaban J connectivity index is 3.83. The lowest BCUT2D eigenvalue weighted by molar-refractivity contribution is -0.118. The Morgan fingerprint density at radius 3 is 2.20 bits per heavy atom. The topological polar surface area (TPSA) is 53.0 Å². The van der Waals surface area contributed by atoms with Gasteiger partial charge >= 0.3 is 0 Å². The van der Waals surface area contributed by atoms with Crippen molar-refractivity contribution in [1.82, 2.24) is 5.32 Å². The number of carbonyl (C=O) groups excluding carboxylic acids is 1. The summed E-state index contributed by atoms with van der Waals surface area (Å²) in [4.78, 5) is 10.8. The predicted molar refractivity (Wildman–Crippen MR) is 41.5 cm³/mol. The van der Waals surface area contributed by atoms with Crippen molar-refractivity contribution in [3.05, 3.63) is 0 Å². The Hall–Kier alpha value is -0.700. The molecule has 0 amide bonds. The molecule has 0 spiro atoms. The molecule has 3 heteroatoms. The average Bonchev–Trinajstić information content (AvgIpc) is 1.81. The van der Waals surface area contributed by atoms with Crippen molar-refractivity contribution in [2.24, 2.45) is 0 Å². The molecule has 10 heavy (non-hydrogen) atoms. The smallest absolute Gasteiger partial charge is 0.147 e. The van der Waals surface area contributed by atoms with Crippen molar-refractivity contribution in [2.75, 3.05) is 7.05 Å². The van der Waals surface area contributed by atoms with Gasteiger partial charge in [-0.05, 0) is 20.9 Å². The van der Waals surface area contributed by atoms with E-state index in [1.165, 1.54) is 6.92 Å². The quantitative estimate of drug-likeness (QED) is 0.564. The fourth-order valence-corrected chi connectivity index (χ4v) is 0.755. The number of nitrogens with one attached hydrogen (secondary N) is 2. The van der Waals surface area contributed by atoms with Gasteiger partial charge in [0, 0.05) is 12.1 Å². The molecular weight excluding hydrogens is 128 g/mol. The monoisotopic (exact) mass is 142 g/mol. The Kier molecular flexibility index (Phi) is 3.88. The van der Waals surface area contributed by atoms with Crippen molar-refractivity contribution in [1.29, 1.82) is 5.41 Å². The summed E-state index contributed by atoms with van der Waals surface area (Å²) in [5.74, 6) is 0.0918. The Morgan fingerprint density at radius 2 is 2.10 bits per heavy atom. The van der Waals surface area contributed by atoms with E-state index < -0.39 is 0 Å². The van der Waals surface area contributed by atoms with Crippen molar-refractivity contribution in [3.8, 4) is 0 Å². The zero-order chi connectivity index (χ0) is 8.15. The average molecular weight is 142 g/mol. The van der Waals surface area contributed by atoms with Gasteiger partial charge in [-0.15, -0.1) is 0 Å². The fourth-order valence-electron chi connectivity index (χ4n) is 0.755. The molecular formula is C7H14N2O. The first-order chi connectivity index (χ1) is 4.57. The molecule has 0 saturated carbocycles. The Labute approximate surface area is 61.3 Å². The number of likely N-dealkylation sites (N-methyl/N-ethyl adjacent to an activating group) is 1. The van der Waals surface area contributed by atoms with Crippen LogP contribution in [-0.2, 0) is 4.79 Å². The van der Waals surface area contributed by atoms with Gasteiger partial charge in [0.05, 0.1) is 6.04 Å². The van der Waals surface area contributed by atoms with E-state index in [0.29, 0.717) is 12.1 Å². The van der Waals surface area contributed by atoms with Crippen LogP contribution in [0.3, 0.4) is 0 Å². The van der Waals surface area contributed by atoms with E-state index in [1.54, 1.807) is 14.0 Å². The van der Waals surface area contributed by atoms with Gasteiger partial charge in [0.15, 0.2) is 0 Å². The maximum Gasteiger partial charge on any atom is 0.147 e. The lowest BCUT2D eigenvalue weighted by Crippen LogP contribution is -2.33. The first-order valence-corrected chi connectivity index (χ1v) is 3.29. The van der Waals surface area contributed by atoms with Gasteiger partial charge in [-0.25, -0.2) is 0 Å². The van der Waals surface area contributed by atoms with E-state index in [9.17, 15) is 4.79 Å². The Bertz CT molecular complexity index is 143. The zero-order valence-electron chi connectivity index (χ0n) is 6.69. The van der Waals surface area contributed by atoms with Crippen LogP contribution in [-0.4, -0.2) is 24.6 Å². The third kappa shape index (κ3) is 3.35. The van der Waals surface area contributed by atoms with Crippen LogP contribution in [0.1, 0.15) is 20.3 Å². The largest absolute Gasteiger partial charge is 0.310 e. The molecule has 0 radical (unpaired) electrons. The highest BCUT2D eigenvalue weighted by Crippen LogP contribution is 1.93. The van der Waals surface area contributed by atoms with Gasteiger partial charge in [-0.3, -0.25) is 4.79 Å². The summed E-state index contributed by atoms with van der Waals surface area (Å²) in [6.07, 6.45) is 0.520. The summed E-state index contributed by atoms with van der Waals surface area (Å²) >= 11 is 0. The highest BCUT2D eigenvalue weighted by molar-refractivity contribution is 5.89. The Morgan fingerprint density at radius 1 is 1.60 bits per heavy atom. The maximum atomic E-state index is 10.8. The minimum absolute atomic E-state index is 0.0918. The second-order valence-corrected chi connectivity index (χ2v) is 2.44. The second-order valence-electron chi connectivity index (χ2n) is 2.44. The van der Waals surface area contributed by atoms with E-state index >= 15 is 0 Å². The van der Waals surface area contributed by atoms with Gasteiger partial charge in [-0.1, -0.05) is 0 Å². The molecule has 0 fully saturated rings.